The molecule has 4 nitrogen and oxygen atoms in total. The molecule has 1 aromatic heterocycles. The second-order valence-corrected chi connectivity index (χ2v) is 6.30. The molecule has 0 fully saturated rings. The maximum Gasteiger partial charge on any atom is 0.222 e. The maximum absolute atomic E-state index is 14.0. The molecule has 4 N–H and O–H groups in total. The lowest BCUT2D eigenvalue weighted by Crippen LogP contribution is -2.02. The van der Waals surface area contributed by atoms with Crippen molar-refractivity contribution in [1.82, 2.24) is 9.97 Å². The van der Waals surface area contributed by atoms with Gasteiger partial charge in [-0.1, -0.05) is 24.3 Å². The van der Waals surface area contributed by atoms with Crippen molar-refractivity contribution in [2.75, 3.05) is 11.5 Å². The highest BCUT2D eigenvalue weighted by Crippen LogP contribution is 2.37. The van der Waals surface area contributed by atoms with Crippen molar-refractivity contribution in [2.45, 2.75) is 6.92 Å². The number of aromatic nitrogens is 2. The van der Waals surface area contributed by atoms with Gasteiger partial charge in [-0.3, -0.25) is 0 Å². The molecule has 0 aliphatic rings. The van der Waals surface area contributed by atoms with Gasteiger partial charge in [0.25, 0.3) is 0 Å². The van der Waals surface area contributed by atoms with E-state index in [4.69, 9.17) is 11.5 Å². The highest BCUT2D eigenvalue weighted by Gasteiger charge is 2.15. The standard InChI is InChI=1S/C21H16F2N4/c1-11-15(8-9-18-19(11)20(24)27-21(25)26-18)16-7-6-14(23)10-17(16)12-2-4-13(22)5-3-12/h2-10H,1H3,(H4,24,25,26,27). The van der Waals surface area contributed by atoms with E-state index in [0.717, 1.165) is 16.7 Å². The van der Waals surface area contributed by atoms with Gasteiger partial charge < -0.3 is 11.5 Å². The van der Waals surface area contributed by atoms with Crippen LogP contribution in [0.2, 0.25) is 0 Å². The van der Waals surface area contributed by atoms with Gasteiger partial charge in [0.1, 0.15) is 17.5 Å². The Morgan fingerprint density at radius 3 is 2.15 bits per heavy atom. The van der Waals surface area contributed by atoms with Crippen LogP contribution in [0.25, 0.3) is 33.2 Å². The number of nitrogen functional groups attached to an aromatic ring is 2. The summed E-state index contributed by atoms with van der Waals surface area (Å²) in [6.07, 6.45) is 0. The summed E-state index contributed by atoms with van der Waals surface area (Å²) in [5, 5.41) is 0.705. The Bertz CT molecular complexity index is 1170. The third-order valence-electron chi connectivity index (χ3n) is 4.60. The molecule has 0 saturated heterocycles. The molecule has 0 unspecified atom stereocenters. The first kappa shape index (κ1) is 16.9. The zero-order chi connectivity index (χ0) is 19.1. The van der Waals surface area contributed by atoms with Crippen LogP contribution in [0.4, 0.5) is 20.5 Å². The van der Waals surface area contributed by atoms with Gasteiger partial charge in [-0.15, -0.1) is 0 Å². The summed E-state index contributed by atoms with van der Waals surface area (Å²) in [7, 11) is 0. The fraction of sp³-hybridized carbons (Fsp3) is 0.0476. The van der Waals surface area contributed by atoms with Crippen LogP contribution in [-0.4, -0.2) is 9.97 Å². The van der Waals surface area contributed by atoms with Crippen molar-refractivity contribution < 1.29 is 8.78 Å². The molecule has 0 aliphatic heterocycles. The van der Waals surface area contributed by atoms with E-state index in [1.54, 1.807) is 18.2 Å². The van der Waals surface area contributed by atoms with Crippen molar-refractivity contribution in [3.05, 3.63) is 71.8 Å². The van der Waals surface area contributed by atoms with Crippen molar-refractivity contribution in [2.24, 2.45) is 0 Å². The minimum Gasteiger partial charge on any atom is -0.383 e. The number of hydrogen-bond acceptors (Lipinski definition) is 4. The van der Waals surface area contributed by atoms with Crippen LogP contribution < -0.4 is 11.5 Å². The molecule has 0 saturated carbocycles. The Balaban J connectivity index is 1.99. The summed E-state index contributed by atoms with van der Waals surface area (Å²) >= 11 is 0. The summed E-state index contributed by atoms with van der Waals surface area (Å²) in [5.41, 5.74) is 16.3. The number of aryl methyl sites for hydroxylation is 1. The summed E-state index contributed by atoms with van der Waals surface area (Å²) in [6.45, 7) is 1.91. The Labute approximate surface area is 154 Å². The second-order valence-electron chi connectivity index (χ2n) is 6.30. The van der Waals surface area contributed by atoms with E-state index < -0.39 is 0 Å². The summed E-state index contributed by atoms with van der Waals surface area (Å²) in [6, 6.07) is 14.2. The molecule has 27 heavy (non-hydrogen) atoms. The number of benzene rings is 3. The zero-order valence-electron chi connectivity index (χ0n) is 14.5. The lowest BCUT2D eigenvalue weighted by Gasteiger charge is -2.15. The van der Waals surface area contributed by atoms with Gasteiger partial charge in [-0.25, -0.2) is 13.8 Å². The summed E-state index contributed by atoms with van der Waals surface area (Å²) < 4.78 is 27.3. The van der Waals surface area contributed by atoms with E-state index in [2.05, 4.69) is 9.97 Å². The van der Waals surface area contributed by atoms with Crippen molar-refractivity contribution in [3.63, 3.8) is 0 Å². The zero-order valence-corrected chi connectivity index (χ0v) is 14.5. The molecule has 0 aliphatic carbocycles. The largest absolute Gasteiger partial charge is 0.383 e. The molecule has 0 atom stereocenters. The van der Waals surface area contributed by atoms with Crippen LogP contribution in [-0.2, 0) is 0 Å². The van der Waals surface area contributed by atoms with E-state index >= 15 is 0 Å². The first-order valence-corrected chi connectivity index (χ1v) is 8.32. The molecule has 3 aromatic carbocycles. The number of nitrogens with two attached hydrogens (primary N) is 2. The Morgan fingerprint density at radius 2 is 1.41 bits per heavy atom. The van der Waals surface area contributed by atoms with Gasteiger partial charge in [-0.05, 0) is 65.1 Å². The minimum atomic E-state index is -0.368. The van der Waals surface area contributed by atoms with Crippen molar-refractivity contribution in [3.8, 4) is 22.3 Å². The van der Waals surface area contributed by atoms with E-state index in [1.165, 1.54) is 24.3 Å². The molecule has 134 valence electrons. The number of halogens is 2. The molecule has 0 spiro atoms. The first-order chi connectivity index (χ1) is 12.9. The molecular formula is C21H16F2N4. The number of nitrogens with zero attached hydrogens (tertiary/aromatic N) is 2. The molecular weight excluding hydrogens is 346 g/mol. The van der Waals surface area contributed by atoms with Crippen LogP contribution in [0.3, 0.4) is 0 Å². The lowest BCUT2D eigenvalue weighted by molar-refractivity contribution is 0.627. The molecule has 4 rings (SSSR count). The Kier molecular flexibility index (Phi) is 3.96. The third-order valence-corrected chi connectivity index (χ3v) is 4.60. The predicted molar refractivity (Wildman–Crippen MR) is 104 cm³/mol. The Morgan fingerprint density at radius 1 is 0.741 bits per heavy atom. The van der Waals surface area contributed by atoms with Gasteiger partial charge in [0, 0.05) is 5.39 Å². The minimum absolute atomic E-state index is 0.112. The monoisotopic (exact) mass is 362 g/mol. The highest BCUT2D eigenvalue weighted by atomic mass is 19.1. The molecule has 4 aromatic rings. The first-order valence-electron chi connectivity index (χ1n) is 8.32. The van der Waals surface area contributed by atoms with Gasteiger partial charge in [-0.2, -0.15) is 4.98 Å². The quantitative estimate of drug-likeness (QED) is 0.541. The lowest BCUT2D eigenvalue weighted by atomic mass is 9.90. The summed E-state index contributed by atoms with van der Waals surface area (Å²) in [5.74, 6) is -0.309. The molecule has 6 heteroatoms. The van der Waals surface area contributed by atoms with E-state index in [-0.39, 0.29) is 17.6 Å². The molecule has 0 bridgehead atoms. The van der Waals surface area contributed by atoms with E-state index in [0.29, 0.717) is 27.8 Å². The van der Waals surface area contributed by atoms with Crippen LogP contribution in [0.1, 0.15) is 5.56 Å². The van der Waals surface area contributed by atoms with Crippen LogP contribution in [0.5, 0.6) is 0 Å². The SMILES string of the molecule is Cc1c(-c2ccc(F)cc2-c2ccc(F)cc2)ccc2nc(N)nc(N)c12. The Hall–Kier alpha value is -3.54. The van der Waals surface area contributed by atoms with E-state index in [1.807, 2.05) is 19.1 Å². The fourth-order valence-electron chi connectivity index (χ4n) is 3.35. The fourth-order valence-corrected chi connectivity index (χ4v) is 3.35. The van der Waals surface area contributed by atoms with Crippen LogP contribution in [0, 0.1) is 18.6 Å². The number of hydrogen-bond donors (Lipinski definition) is 2. The normalized spacial score (nSPS) is 11.1. The topological polar surface area (TPSA) is 77.8 Å². The average molecular weight is 362 g/mol. The predicted octanol–water partition coefficient (Wildman–Crippen LogP) is 4.71. The molecule has 0 radical (unpaired) electrons. The number of rotatable bonds is 2. The number of anilines is 2. The van der Waals surface area contributed by atoms with Gasteiger partial charge in [0.15, 0.2) is 0 Å². The smallest absolute Gasteiger partial charge is 0.222 e. The van der Waals surface area contributed by atoms with Gasteiger partial charge in [0.05, 0.1) is 5.52 Å². The molecule has 0 amide bonds. The average Bonchev–Trinajstić information content (AvgIpc) is 2.62. The van der Waals surface area contributed by atoms with Gasteiger partial charge >= 0.3 is 0 Å². The van der Waals surface area contributed by atoms with E-state index in [9.17, 15) is 8.78 Å². The number of fused-ring (bicyclic) bond motifs is 1. The van der Waals surface area contributed by atoms with Crippen LogP contribution >= 0.6 is 0 Å². The summed E-state index contributed by atoms with van der Waals surface area (Å²) in [4.78, 5) is 8.27. The molecule has 1 heterocycles. The highest BCUT2D eigenvalue weighted by molar-refractivity contribution is 5.98. The van der Waals surface area contributed by atoms with Crippen molar-refractivity contribution in [1.29, 1.82) is 0 Å². The van der Waals surface area contributed by atoms with Crippen LogP contribution in [0.15, 0.2) is 54.6 Å². The third kappa shape index (κ3) is 2.95. The van der Waals surface area contributed by atoms with Gasteiger partial charge in [0.2, 0.25) is 5.95 Å². The maximum atomic E-state index is 14.0. The van der Waals surface area contributed by atoms with Crippen molar-refractivity contribution >= 4 is 22.7 Å². The second kappa shape index (κ2) is 6.32.